The smallest absolute Gasteiger partial charge is 0.295 e. The average molecular weight is 323 g/mol. The van der Waals surface area contributed by atoms with Gasteiger partial charge in [0.15, 0.2) is 0 Å². The molecule has 1 heterocycles. The van der Waals surface area contributed by atoms with Crippen LogP contribution in [0.4, 0.5) is 10.5 Å². The van der Waals surface area contributed by atoms with Crippen molar-refractivity contribution in [1.82, 2.24) is 19.8 Å². The molecule has 24 heavy (non-hydrogen) atoms. The van der Waals surface area contributed by atoms with Gasteiger partial charge in [-0.2, -0.15) is 4.68 Å². The van der Waals surface area contributed by atoms with Crippen LogP contribution in [-0.4, -0.2) is 32.9 Å². The summed E-state index contributed by atoms with van der Waals surface area (Å²) in [6.07, 6.45) is 0. The number of carbonyl (C=O) groups excluding carboxylic acids is 1. The van der Waals surface area contributed by atoms with Gasteiger partial charge in [0, 0.05) is 12.7 Å². The minimum absolute atomic E-state index is 0.317. The van der Waals surface area contributed by atoms with Gasteiger partial charge in [-0.25, -0.2) is 9.59 Å². The van der Waals surface area contributed by atoms with Crippen molar-refractivity contribution >= 4 is 11.7 Å². The molecule has 0 N–H and O–H groups in total. The topological polar surface area (TPSA) is 73.0 Å². The molecule has 7 nitrogen and oxygen atoms in total. The number of benzene rings is 2. The highest BCUT2D eigenvalue weighted by Gasteiger charge is 2.22. The zero-order valence-electron chi connectivity index (χ0n) is 13.4. The number of carbonyl (C=O) groups is 1. The van der Waals surface area contributed by atoms with E-state index in [0.29, 0.717) is 5.69 Å². The first kappa shape index (κ1) is 15.7. The fraction of sp³-hybridized carbons (Fsp3) is 0.176. The van der Waals surface area contributed by atoms with Gasteiger partial charge >= 0.3 is 11.7 Å². The lowest BCUT2D eigenvalue weighted by molar-refractivity contribution is 0.245. The van der Waals surface area contributed by atoms with E-state index in [4.69, 9.17) is 0 Å². The third-order valence-electron chi connectivity index (χ3n) is 3.86. The van der Waals surface area contributed by atoms with Crippen molar-refractivity contribution in [2.75, 3.05) is 11.9 Å². The van der Waals surface area contributed by atoms with Crippen LogP contribution in [0.15, 0.2) is 65.5 Å². The summed E-state index contributed by atoms with van der Waals surface area (Å²) in [5, 5.41) is 7.59. The van der Waals surface area contributed by atoms with Gasteiger partial charge in [0.1, 0.15) is 0 Å². The molecule has 0 spiro atoms. The minimum Gasteiger partial charge on any atom is -0.295 e. The summed E-state index contributed by atoms with van der Waals surface area (Å²) < 4.78 is 1.97. The van der Waals surface area contributed by atoms with Crippen molar-refractivity contribution < 1.29 is 4.79 Å². The summed E-state index contributed by atoms with van der Waals surface area (Å²) in [5.74, 6) is 0. The Hall–Kier alpha value is -3.22. The first-order valence-corrected chi connectivity index (χ1v) is 7.52. The summed E-state index contributed by atoms with van der Waals surface area (Å²) in [7, 11) is 1.59. The summed E-state index contributed by atoms with van der Waals surface area (Å²) in [6.45, 7) is 1.83. The maximum atomic E-state index is 12.5. The second kappa shape index (κ2) is 6.49. The molecule has 0 aliphatic carbocycles. The predicted octanol–water partition coefficient (Wildman–Crippen LogP) is 2.15. The highest BCUT2D eigenvalue weighted by atomic mass is 16.2. The molecular weight excluding hydrogens is 306 g/mol. The zero-order valence-corrected chi connectivity index (χ0v) is 13.4. The monoisotopic (exact) mass is 323 g/mol. The van der Waals surface area contributed by atoms with E-state index >= 15 is 0 Å². The van der Waals surface area contributed by atoms with E-state index in [9.17, 15) is 9.59 Å². The van der Waals surface area contributed by atoms with Crippen LogP contribution in [-0.2, 0) is 0 Å². The van der Waals surface area contributed by atoms with Gasteiger partial charge in [-0.05, 0) is 35.0 Å². The lowest BCUT2D eigenvalue weighted by atomic mass is 10.1. The van der Waals surface area contributed by atoms with E-state index < -0.39 is 11.7 Å². The van der Waals surface area contributed by atoms with Crippen LogP contribution in [0, 0.1) is 0 Å². The zero-order chi connectivity index (χ0) is 17.1. The van der Waals surface area contributed by atoms with Crippen LogP contribution in [0.5, 0.6) is 0 Å². The highest BCUT2D eigenvalue weighted by molar-refractivity contribution is 5.92. The van der Waals surface area contributed by atoms with Crippen molar-refractivity contribution in [2.24, 2.45) is 0 Å². The fourth-order valence-corrected chi connectivity index (χ4v) is 2.40. The number of rotatable bonds is 3. The molecule has 0 saturated heterocycles. The van der Waals surface area contributed by atoms with Gasteiger partial charge in [-0.3, -0.25) is 4.90 Å². The van der Waals surface area contributed by atoms with Crippen molar-refractivity contribution in [3.63, 3.8) is 0 Å². The molecule has 3 aromatic rings. The molecule has 0 aliphatic rings. The Balaban J connectivity index is 1.90. The van der Waals surface area contributed by atoms with Crippen LogP contribution < -0.4 is 10.6 Å². The van der Waals surface area contributed by atoms with Crippen LogP contribution in [0.25, 0.3) is 0 Å². The molecule has 2 aromatic carbocycles. The van der Waals surface area contributed by atoms with Gasteiger partial charge in [0.05, 0.1) is 6.04 Å². The van der Waals surface area contributed by atoms with Gasteiger partial charge in [0.2, 0.25) is 0 Å². The number of aromatic nitrogens is 4. The third kappa shape index (κ3) is 2.83. The Morgan fingerprint density at radius 3 is 2.21 bits per heavy atom. The fourth-order valence-electron chi connectivity index (χ4n) is 2.40. The van der Waals surface area contributed by atoms with E-state index in [-0.39, 0.29) is 6.04 Å². The SMILES string of the molecule is CC(c1ccccc1)n1nnn(C(=O)N(C)c2ccccc2)c1=O. The number of hydrogen-bond donors (Lipinski definition) is 0. The number of nitrogens with zero attached hydrogens (tertiary/aromatic N) is 5. The normalized spacial score (nSPS) is 11.9. The molecule has 0 bridgehead atoms. The summed E-state index contributed by atoms with van der Waals surface area (Å²) in [4.78, 5) is 26.4. The Morgan fingerprint density at radius 1 is 1.00 bits per heavy atom. The van der Waals surface area contributed by atoms with E-state index in [1.807, 2.05) is 55.5 Å². The number of tetrazole rings is 1. The largest absolute Gasteiger partial charge is 0.373 e. The molecule has 0 fully saturated rings. The molecule has 1 aromatic heterocycles. The van der Waals surface area contributed by atoms with E-state index in [1.165, 1.54) is 9.58 Å². The maximum Gasteiger partial charge on any atom is 0.373 e. The molecule has 122 valence electrons. The van der Waals surface area contributed by atoms with Crippen LogP contribution in [0.2, 0.25) is 0 Å². The Bertz CT molecular complexity index is 886. The molecule has 0 saturated carbocycles. The van der Waals surface area contributed by atoms with Crippen LogP contribution in [0.3, 0.4) is 0 Å². The quantitative estimate of drug-likeness (QED) is 0.692. The Kier molecular flexibility index (Phi) is 4.24. The van der Waals surface area contributed by atoms with Crippen molar-refractivity contribution in [3.05, 3.63) is 76.7 Å². The Morgan fingerprint density at radius 2 is 1.58 bits per heavy atom. The lowest BCUT2D eigenvalue weighted by Gasteiger charge is -2.15. The molecule has 7 heteroatoms. The van der Waals surface area contributed by atoms with Crippen molar-refractivity contribution in [3.8, 4) is 0 Å². The number of amides is 1. The molecule has 1 unspecified atom stereocenters. The van der Waals surface area contributed by atoms with Crippen LogP contribution >= 0.6 is 0 Å². The predicted molar refractivity (Wildman–Crippen MR) is 90.2 cm³/mol. The average Bonchev–Trinajstić information content (AvgIpc) is 3.02. The maximum absolute atomic E-state index is 12.5. The van der Waals surface area contributed by atoms with Gasteiger partial charge in [0.25, 0.3) is 0 Å². The second-order valence-electron chi connectivity index (χ2n) is 5.38. The molecule has 0 aliphatic heterocycles. The third-order valence-corrected chi connectivity index (χ3v) is 3.86. The minimum atomic E-state index is -0.570. The lowest BCUT2D eigenvalue weighted by Crippen LogP contribution is -2.39. The first-order valence-electron chi connectivity index (χ1n) is 7.52. The molecule has 1 amide bonds. The molecular formula is C17H17N5O2. The summed E-state index contributed by atoms with van der Waals surface area (Å²) in [6, 6.07) is 17.6. The van der Waals surface area contributed by atoms with Crippen LogP contribution in [0.1, 0.15) is 18.5 Å². The number of para-hydroxylation sites is 1. The van der Waals surface area contributed by atoms with Crippen molar-refractivity contribution in [1.29, 1.82) is 0 Å². The van der Waals surface area contributed by atoms with E-state index in [1.54, 1.807) is 19.2 Å². The number of hydrogen-bond acceptors (Lipinski definition) is 4. The van der Waals surface area contributed by atoms with Gasteiger partial charge < -0.3 is 0 Å². The summed E-state index contributed by atoms with van der Waals surface area (Å²) >= 11 is 0. The summed E-state index contributed by atoms with van der Waals surface area (Å²) in [5.41, 5.74) is 1.01. The molecule has 1 atom stereocenters. The standard InChI is InChI=1S/C17H17N5O2/c1-13(14-9-5-3-6-10-14)21-17(24)22(19-18-21)16(23)20(2)15-11-7-4-8-12-15/h3-13H,1-2H3. The second-order valence-corrected chi connectivity index (χ2v) is 5.38. The number of anilines is 1. The molecule has 0 radical (unpaired) electrons. The van der Waals surface area contributed by atoms with Crippen molar-refractivity contribution in [2.45, 2.75) is 13.0 Å². The van der Waals surface area contributed by atoms with Gasteiger partial charge in [-0.15, -0.1) is 4.68 Å². The first-order chi connectivity index (χ1) is 11.6. The van der Waals surface area contributed by atoms with Gasteiger partial charge in [-0.1, -0.05) is 48.5 Å². The Labute approximate surface area is 138 Å². The molecule has 3 rings (SSSR count). The van der Waals surface area contributed by atoms with E-state index in [2.05, 4.69) is 10.4 Å². The van der Waals surface area contributed by atoms with E-state index in [0.717, 1.165) is 10.2 Å². The highest BCUT2D eigenvalue weighted by Crippen LogP contribution is 2.14.